The second-order valence-corrected chi connectivity index (χ2v) is 7.65. The highest BCUT2D eigenvalue weighted by molar-refractivity contribution is 9.10. The number of rotatable bonds is 6. The van der Waals surface area contributed by atoms with Gasteiger partial charge in [0.2, 0.25) is 0 Å². The Labute approximate surface area is 181 Å². The summed E-state index contributed by atoms with van der Waals surface area (Å²) in [5.74, 6) is 0.676. The van der Waals surface area contributed by atoms with Gasteiger partial charge in [0.05, 0.1) is 17.3 Å². The Balaban J connectivity index is 1.44. The van der Waals surface area contributed by atoms with Crippen LogP contribution in [0.25, 0.3) is 11.0 Å². The van der Waals surface area contributed by atoms with E-state index in [9.17, 15) is 9.59 Å². The van der Waals surface area contributed by atoms with Crippen LogP contribution in [-0.4, -0.2) is 27.9 Å². The predicted octanol–water partition coefficient (Wildman–Crippen LogP) is 4.15. The Morgan fingerprint density at radius 2 is 1.97 bits per heavy atom. The first-order valence-corrected chi connectivity index (χ1v) is 10.1. The number of nitrogens with one attached hydrogen (secondary N) is 2. The van der Waals surface area contributed by atoms with Gasteiger partial charge in [0.1, 0.15) is 5.82 Å². The summed E-state index contributed by atoms with van der Waals surface area (Å²) >= 11 is 3.38. The van der Waals surface area contributed by atoms with Crippen LogP contribution >= 0.6 is 15.9 Å². The zero-order valence-corrected chi connectivity index (χ0v) is 17.8. The molecule has 2 aromatic heterocycles. The van der Waals surface area contributed by atoms with Gasteiger partial charge < -0.3 is 19.6 Å². The standard InChI is InChI=1S/C22H19BrN4O3/c1-27-18-8-7-16(25-21(28)14-4-2-5-15(23)12-14)13-17(18)26-20(27)9-10-24-22(29)19-6-3-11-30-19/h2-8,11-13H,9-10H2,1H3,(H,24,29)(H,25,28). The van der Waals surface area contributed by atoms with Gasteiger partial charge in [-0.2, -0.15) is 0 Å². The summed E-state index contributed by atoms with van der Waals surface area (Å²) < 4.78 is 7.91. The summed E-state index contributed by atoms with van der Waals surface area (Å²) in [5.41, 5.74) is 2.96. The van der Waals surface area contributed by atoms with Crippen LogP contribution in [0.15, 0.2) is 69.8 Å². The number of nitrogens with zero attached hydrogens (tertiary/aromatic N) is 2. The Morgan fingerprint density at radius 1 is 1.10 bits per heavy atom. The summed E-state index contributed by atoms with van der Waals surface area (Å²) in [6.07, 6.45) is 2.03. The van der Waals surface area contributed by atoms with Crippen LogP contribution in [0.4, 0.5) is 5.69 Å². The molecule has 0 aliphatic heterocycles. The van der Waals surface area contributed by atoms with E-state index in [1.54, 1.807) is 24.3 Å². The highest BCUT2D eigenvalue weighted by atomic mass is 79.9. The molecule has 0 saturated carbocycles. The van der Waals surface area contributed by atoms with Crippen molar-refractivity contribution in [3.8, 4) is 0 Å². The number of halogens is 1. The maximum absolute atomic E-state index is 12.5. The SMILES string of the molecule is Cn1c(CCNC(=O)c2ccco2)nc2cc(NC(=O)c3cccc(Br)c3)ccc21. The lowest BCUT2D eigenvalue weighted by molar-refractivity contribution is 0.0925. The molecule has 0 unspecified atom stereocenters. The van der Waals surface area contributed by atoms with E-state index in [1.165, 1.54) is 6.26 Å². The van der Waals surface area contributed by atoms with Crippen molar-refractivity contribution in [3.05, 3.63) is 82.5 Å². The summed E-state index contributed by atoms with van der Waals surface area (Å²) in [7, 11) is 1.93. The van der Waals surface area contributed by atoms with Crippen LogP contribution in [-0.2, 0) is 13.5 Å². The predicted molar refractivity (Wildman–Crippen MR) is 118 cm³/mol. The van der Waals surface area contributed by atoms with Crippen LogP contribution in [0.5, 0.6) is 0 Å². The number of amides is 2. The van der Waals surface area contributed by atoms with Crippen LogP contribution in [0.1, 0.15) is 26.7 Å². The number of imidazole rings is 1. The van der Waals surface area contributed by atoms with Gasteiger partial charge in [-0.3, -0.25) is 9.59 Å². The smallest absolute Gasteiger partial charge is 0.286 e. The Kier molecular flexibility index (Phi) is 5.67. The van der Waals surface area contributed by atoms with Gasteiger partial charge in [0.25, 0.3) is 11.8 Å². The lowest BCUT2D eigenvalue weighted by Gasteiger charge is -2.06. The van der Waals surface area contributed by atoms with E-state index in [0.717, 1.165) is 21.3 Å². The van der Waals surface area contributed by atoms with Crippen molar-refractivity contribution in [2.24, 2.45) is 7.05 Å². The number of hydrogen-bond acceptors (Lipinski definition) is 4. The minimum Gasteiger partial charge on any atom is -0.459 e. The van der Waals surface area contributed by atoms with E-state index in [-0.39, 0.29) is 17.6 Å². The van der Waals surface area contributed by atoms with E-state index >= 15 is 0 Å². The largest absolute Gasteiger partial charge is 0.459 e. The minimum atomic E-state index is -0.253. The molecule has 152 valence electrons. The molecule has 0 spiro atoms. The van der Waals surface area contributed by atoms with E-state index in [4.69, 9.17) is 4.42 Å². The first-order chi connectivity index (χ1) is 14.5. The van der Waals surface area contributed by atoms with Gasteiger partial charge in [0, 0.05) is 35.7 Å². The third-order valence-corrected chi connectivity index (χ3v) is 5.19. The lowest BCUT2D eigenvalue weighted by atomic mass is 10.2. The second-order valence-electron chi connectivity index (χ2n) is 6.74. The molecule has 0 saturated heterocycles. The van der Waals surface area contributed by atoms with Crippen LogP contribution in [0.3, 0.4) is 0 Å². The first-order valence-electron chi connectivity index (χ1n) is 9.35. The number of aromatic nitrogens is 2. The number of hydrogen-bond donors (Lipinski definition) is 2. The molecule has 2 heterocycles. The van der Waals surface area contributed by atoms with Crippen molar-refractivity contribution in [3.63, 3.8) is 0 Å². The molecular formula is C22H19BrN4O3. The van der Waals surface area contributed by atoms with Crippen molar-refractivity contribution in [2.45, 2.75) is 6.42 Å². The van der Waals surface area contributed by atoms with Gasteiger partial charge >= 0.3 is 0 Å². The number of anilines is 1. The van der Waals surface area contributed by atoms with Crippen molar-refractivity contribution >= 4 is 44.5 Å². The molecule has 30 heavy (non-hydrogen) atoms. The Morgan fingerprint density at radius 3 is 2.73 bits per heavy atom. The normalized spacial score (nSPS) is 10.9. The molecule has 8 heteroatoms. The zero-order chi connectivity index (χ0) is 21.1. The quantitative estimate of drug-likeness (QED) is 0.446. The Hall–Kier alpha value is -3.39. The van der Waals surface area contributed by atoms with Crippen LogP contribution in [0, 0.1) is 0 Å². The fourth-order valence-corrected chi connectivity index (χ4v) is 3.57. The van der Waals surface area contributed by atoms with Gasteiger partial charge in [-0.15, -0.1) is 0 Å². The van der Waals surface area contributed by atoms with Crippen molar-refractivity contribution in [2.75, 3.05) is 11.9 Å². The molecule has 2 N–H and O–H groups in total. The molecular weight excluding hydrogens is 448 g/mol. The molecule has 4 aromatic rings. The van der Waals surface area contributed by atoms with E-state index in [0.29, 0.717) is 24.2 Å². The first kappa shape index (κ1) is 19.9. The summed E-state index contributed by atoms with van der Waals surface area (Å²) in [6, 6.07) is 16.1. The molecule has 0 atom stereocenters. The number of furan rings is 1. The highest BCUT2D eigenvalue weighted by Crippen LogP contribution is 2.21. The topological polar surface area (TPSA) is 89.2 Å². The molecule has 2 amide bonds. The molecule has 0 aliphatic rings. The maximum atomic E-state index is 12.5. The number of fused-ring (bicyclic) bond motifs is 1. The fraction of sp³-hybridized carbons (Fsp3) is 0.136. The summed E-state index contributed by atoms with van der Waals surface area (Å²) in [6.45, 7) is 0.434. The average molecular weight is 467 g/mol. The van der Waals surface area contributed by atoms with Crippen LogP contribution < -0.4 is 10.6 Å². The third-order valence-electron chi connectivity index (χ3n) is 4.70. The molecule has 0 radical (unpaired) electrons. The highest BCUT2D eigenvalue weighted by Gasteiger charge is 2.12. The number of carbonyl (C=O) groups is 2. The minimum absolute atomic E-state index is 0.188. The molecule has 2 aromatic carbocycles. The fourth-order valence-electron chi connectivity index (χ4n) is 3.17. The molecule has 0 fully saturated rings. The van der Waals surface area contributed by atoms with E-state index < -0.39 is 0 Å². The van der Waals surface area contributed by atoms with Gasteiger partial charge in [-0.25, -0.2) is 4.98 Å². The van der Waals surface area contributed by atoms with E-state index in [2.05, 4.69) is 31.5 Å². The average Bonchev–Trinajstić information content (AvgIpc) is 3.37. The second kappa shape index (κ2) is 8.54. The maximum Gasteiger partial charge on any atom is 0.286 e. The number of benzene rings is 2. The summed E-state index contributed by atoms with van der Waals surface area (Å²) in [4.78, 5) is 29.1. The van der Waals surface area contributed by atoms with Crippen molar-refractivity contribution in [1.29, 1.82) is 0 Å². The van der Waals surface area contributed by atoms with Gasteiger partial charge in [-0.05, 0) is 48.5 Å². The van der Waals surface area contributed by atoms with E-state index in [1.807, 2.05) is 41.9 Å². The van der Waals surface area contributed by atoms with Crippen molar-refractivity contribution < 1.29 is 14.0 Å². The van der Waals surface area contributed by atoms with Crippen molar-refractivity contribution in [1.82, 2.24) is 14.9 Å². The number of aryl methyl sites for hydroxylation is 1. The molecule has 0 bridgehead atoms. The van der Waals surface area contributed by atoms with Gasteiger partial charge in [-0.1, -0.05) is 22.0 Å². The summed E-state index contributed by atoms with van der Waals surface area (Å²) in [5, 5.41) is 5.72. The molecule has 7 nitrogen and oxygen atoms in total. The monoisotopic (exact) mass is 466 g/mol. The lowest BCUT2D eigenvalue weighted by Crippen LogP contribution is -2.25. The zero-order valence-electron chi connectivity index (χ0n) is 16.2. The van der Waals surface area contributed by atoms with Gasteiger partial charge in [0.15, 0.2) is 5.76 Å². The van der Waals surface area contributed by atoms with Crippen LogP contribution in [0.2, 0.25) is 0 Å². The number of carbonyl (C=O) groups excluding carboxylic acids is 2. The molecule has 4 rings (SSSR count). The molecule has 0 aliphatic carbocycles. The Bertz CT molecular complexity index is 1210. The third kappa shape index (κ3) is 4.28.